The van der Waals surface area contributed by atoms with E-state index in [4.69, 9.17) is 0 Å². The van der Waals surface area contributed by atoms with E-state index in [0.717, 1.165) is 67.7 Å². The van der Waals surface area contributed by atoms with Crippen molar-refractivity contribution >= 4 is 23.1 Å². The van der Waals surface area contributed by atoms with Crippen LogP contribution in [0.5, 0.6) is 0 Å². The second kappa shape index (κ2) is 9.81. The van der Waals surface area contributed by atoms with Crippen LogP contribution in [0.3, 0.4) is 0 Å². The second-order valence-corrected chi connectivity index (χ2v) is 9.13. The van der Waals surface area contributed by atoms with Crippen molar-refractivity contribution in [3.05, 3.63) is 48.0 Å². The Hall–Kier alpha value is -1.74. The lowest BCUT2D eigenvalue weighted by molar-refractivity contribution is -0.137. The van der Waals surface area contributed by atoms with E-state index in [1.165, 1.54) is 12.1 Å². The van der Waals surface area contributed by atoms with Gasteiger partial charge in [0.1, 0.15) is 0 Å². The Labute approximate surface area is 186 Å². The number of hydrogen-bond acceptors (Lipinski definition) is 5. The largest absolute Gasteiger partial charge is 0.416 e. The third-order valence-electron chi connectivity index (χ3n) is 5.95. The molecule has 0 aliphatic carbocycles. The molecule has 1 saturated heterocycles. The summed E-state index contributed by atoms with van der Waals surface area (Å²) in [5.74, 6) is 0. The van der Waals surface area contributed by atoms with Crippen LogP contribution in [0.25, 0.3) is 0 Å². The van der Waals surface area contributed by atoms with Crippen molar-refractivity contribution in [3.8, 4) is 0 Å². The highest BCUT2D eigenvalue weighted by atomic mass is 32.2. The fourth-order valence-corrected chi connectivity index (χ4v) is 5.28. The van der Waals surface area contributed by atoms with Crippen LogP contribution < -0.4 is 10.2 Å². The molecule has 0 unspecified atom stereocenters. The monoisotopic (exact) mass is 450 g/mol. The minimum absolute atomic E-state index is 0.589. The molecule has 2 aliphatic rings. The summed E-state index contributed by atoms with van der Waals surface area (Å²) in [5, 5.41) is 3.19. The van der Waals surface area contributed by atoms with Crippen molar-refractivity contribution in [1.82, 2.24) is 15.1 Å². The molecule has 1 N–H and O–H groups in total. The molecule has 0 bridgehead atoms. The minimum atomic E-state index is -4.34. The van der Waals surface area contributed by atoms with Gasteiger partial charge in [-0.15, -0.1) is 0 Å². The number of anilines is 2. The van der Waals surface area contributed by atoms with Gasteiger partial charge in [0.05, 0.1) is 16.9 Å². The van der Waals surface area contributed by atoms with E-state index in [2.05, 4.69) is 20.0 Å². The summed E-state index contributed by atoms with van der Waals surface area (Å²) in [6, 6.07) is 12.1. The van der Waals surface area contributed by atoms with Gasteiger partial charge in [-0.05, 0) is 50.3 Å². The topological polar surface area (TPSA) is 21.8 Å². The average molecular weight is 451 g/mol. The summed E-state index contributed by atoms with van der Waals surface area (Å²) < 4.78 is 40.0. The zero-order valence-corrected chi connectivity index (χ0v) is 18.6. The number of nitrogens with zero attached hydrogens (tertiary/aromatic N) is 3. The third-order valence-corrected chi connectivity index (χ3v) is 7.08. The fourth-order valence-electron chi connectivity index (χ4n) is 4.21. The number of nitrogens with one attached hydrogen (secondary N) is 1. The van der Waals surface area contributed by atoms with Crippen molar-refractivity contribution in [1.29, 1.82) is 0 Å². The fraction of sp³-hybridized carbons (Fsp3) is 0.478. The first-order valence-corrected chi connectivity index (χ1v) is 11.6. The quantitative estimate of drug-likeness (QED) is 0.667. The molecule has 31 heavy (non-hydrogen) atoms. The van der Waals surface area contributed by atoms with Gasteiger partial charge in [-0.2, -0.15) is 13.2 Å². The van der Waals surface area contributed by atoms with Crippen LogP contribution >= 0.6 is 11.8 Å². The number of likely N-dealkylation sites (N-methyl/N-ethyl adjacent to an activating group) is 1. The van der Waals surface area contributed by atoms with E-state index in [-0.39, 0.29) is 0 Å². The molecule has 2 aromatic carbocycles. The number of fused-ring (bicyclic) bond motifs is 2. The number of piperazine rings is 1. The summed E-state index contributed by atoms with van der Waals surface area (Å²) in [7, 11) is 1.98. The van der Waals surface area contributed by atoms with Gasteiger partial charge in [0.25, 0.3) is 0 Å². The number of rotatable bonds is 7. The van der Waals surface area contributed by atoms with Crippen LogP contribution in [0, 0.1) is 0 Å². The van der Waals surface area contributed by atoms with Gasteiger partial charge in [0.2, 0.25) is 0 Å². The molecule has 0 amide bonds. The highest BCUT2D eigenvalue weighted by Crippen LogP contribution is 2.49. The van der Waals surface area contributed by atoms with Gasteiger partial charge in [-0.3, -0.25) is 4.90 Å². The van der Waals surface area contributed by atoms with E-state index in [1.54, 1.807) is 17.8 Å². The Kier molecular flexibility index (Phi) is 7.11. The van der Waals surface area contributed by atoms with E-state index in [9.17, 15) is 13.2 Å². The maximum absolute atomic E-state index is 13.3. The van der Waals surface area contributed by atoms with Gasteiger partial charge in [-0.1, -0.05) is 23.9 Å². The first kappa shape index (κ1) is 22.5. The highest BCUT2D eigenvalue weighted by molar-refractivity contribution is 7.99. The van der Waals surface area contributed by atoms with Crippen LogP contribution in [0.2, 0.25) is 0 Å². The Morgan fingerprint density at radius 3 is 2.26 bits per heavy atom. The maximum Gasteiger partial charge on any atom is 0.416 e. The molecule has 0 aromatic heterocycles. The lowest BCUT2D eigenvalue weighted by Gasteiger charge is -2.36. The lowest BCUT2D eigenvalue weighted by atomic mass is 10.1. The Morgan fingerprint density at radius 1 is 0.871 bits per heavy atom. The first-order chi connectivity index (χ1) is 15.0. The zero-order valence-electron chi connectivity index (χ0n) is 17.8. The van der Waals surface area contributed by atoms with Crippen molar-refractivity contribution in [2.75, 3.05) is 64.3 Å². The molecule has 2 aliphatic heterocycles. The molecule has 0 saturated carbocycles. The minimum Gasteiger partial charge on any atom is -0.340 e. The van der Waals surface area contributed by atoms with E-state index in [1.807, 2.05) is 31.3 Å². The van der Waals surface area contributed by atoms with Gasteiger partial charge in [0.15, 0.2) is 0 Å². The van der Waals surface area contributed by atoms with Crippen molar-refractivity contribution in [2.24, 2.45) is 0 Å². The van der Waals surface area contributed by atoms with E-state index >= 15 is 0 Å². The molecule has 8 heteroatoms. The van der Waals surface area contributed by atoms with E-state index < -0.39 is 11.7 Å². The second-order valence-electron chi connectivity index (χ2n) is 8.04. The van der Waals surface area contributed by atoms with Crippen LogP contribution in [0.15, 0.2) is 52.3 Å². The molecule has 2 aromatic rings. The predicted octanol–water partition coefficient (Wildman–Crippen LogP) is 4.54. The van der Waals surface area contributed by atoms with Gasteiger partial charge in [0, 0.05) is 55.6 Å². The predicted molar refractivity (Wildman–Crippen MR) is 120 cm³/mol. The Bertz CT molecular complexity index is 881. The zero-order chi connectivity index (χ0) is 21.8. The standard InChI is InChI=1S/C23H29F3N4S/c1-27-9-12-29-15-13-28(14-16-29)10-4-11-30-19-5-2-3-6-21(19)31-22-8-7-18(17-20(22)30)23(24,25)26/h2-3,5-8,17,27H,4,9-16H2,1H3. The van der Waals surface area contributed by atoms with Crippen molar-refractivity contribution < 1.29 is 13.2 Å². The summed E-state index contributed by atoms with van der Waals surface area (Å²) in [6.45, 7) is 7.98. The number of halogens is 3. The number of benzene rings is 2. The smallest absolute Gasteiger partial charge is 0.340 e. The molecular weight excluding hydrogens is 421 g/mol. The van der Waals surface area contributed by atoms with Gasteiger partial charge < -0.3 is 15.1 Å². The van der Waals surface area contributed by atoms with Crippen LogP contribution in [-0.4, -0.2) is 69.2 Å². The molecule has 4 nitrogen and oxygen atoms in total. The summed E-state index contributed by atoms with van der Waals surface area (Å²) >= 11 is 1.54. The third kappa shape index (κ3) is 5.37. The SMILES string of the molecule is CNCCN1CCN(CCCN2c3ccccc3Sc3ccc(C(F)(F)F)cc32)CC1. The molecule has 168 valence electrons. The van der Waals surface area contributed by atoms with Crippen LogP contribution in [0.1, 0.15) is 12.0 Å². The number of hydrogen-bond donors (Lipinski definition) is 1. The molecule has 0 atom stereocenters. The van der Waals surface area contributed by atoms with Crippen molar-refractivity contribution in [2.45, 2.75) is 22.4 Å². The summed E-state index contributed by atoms with van der Waals surface area (Å²) in [4.78, 5) is 8.98. The first-order valence-electron chi connectivity index (χ1n) is 10.8. The molecule has 1 fully saturated rings. The van der Waals surface area contributed by atoms with Crippen molar-refractivity contribution in [3.63, 3.8) is 0 Å². The Morgan fingerprint density at radius 2 is 1.55 bits per heavy atom. The normalized spacial score (nSPS) is 17.5. The van der Waals surface area contributed by atoms with Crippen LogP contribution in [0.4, 0.5) is 24.5 Å². The lowest BCUT2D eigenvalue weighted by Crippen LogP contribution is -2.48. The van der Waals surface area contributed by atoms with Gasteiger partial charge in [-0.25, -0.2) is 0 Å². The average Bonchev–Trinajstić information content (AvgIpc) is 2.77. The maximum atomic E-state index is 13.3. The Balaban J connectivity index is 1.43. The van der Waals surface area contributed by atoms with Crippen LogP contribution in [-0.2, 0) is 6.18 Å². The molecule has 4 rings (SSSR count). The molecule has 0 radical (unpaired) electrons. The van der Waals surface area contributed by atoms with E-state index in [0.29, 0.717) is 12.2 Å². The molecule has 2 heterocycles. The number of alkyl halides is 3. The van der Waals surface area contributed by atoms with Gasteiger partial charge >= 0.3 is 6.18 Å². The molecule has 0 spiro atoms. The number of para-hydroxylation sites is 1. The molecular formula is C23H29F3N4S. The summed E-state index contributed by atoms with van der Waals surface area (Å²) in [6.07, 6.45) is -3.43. The highest BCUT2D eigenvalue weighted by Gasteiger charge is 2.33. The summed E-state index contributed by atoms with van der Waals surface area (Å²) in [5.41, 5.74) is 1.07.